The summed E-state index contributed by atoms with van der Waals surface area (Å²) in [5.74, 6) is 0. The van der Waals surface area contributed by atoms with Gasteiger partial charge in [0.15, 0.2) is 0 Å². The lowest BCUT2D eigenvalue weighted by Crippen LogP contribution is -2.18. The maximum absolute atomic E-state index is 5.55. The van der Waals surface area contributed by atoms with E-state index >= 15 is 0 Å². The smallest absolute Gasteiger partial charge is 0.0320 e. The summed E-state index contributed by atoms with van der Waals surface area (Å²) in [7, 11) is 2.02. The highest BCUT2D eigenvalue weighted by Gasteiger charge is 2.10. The SMILES string of the molecule is CNC(CCCN)c1cc(C)ccc1C. The molecule has 0 heterocycles. The number of nitrogens with one attached hydrogen (secondary N) is 1. The minimum atomic E-state index is 0.438. The lowest BCUT2D eigenvalue weighted by molar-refractivity contribution is 0.529. The van der Waals surface area contributed by atoms with Crippen LogP contribution in [0, 0.1) is 13.8 Å². The lowest BCUT2D eigenvalue weighted by Gasteiger charge is -2.19. The monoisotopic (exact) mass is 206 g/mol. The second-order valence-electron chi connectivity index (χ2n) is 4.13. The molecule has 0 saturated carbocycles. The zero-order valence-electron chi connectivity index (χ0n) is 10.0. The molecule has 0 fully saturated rings. The first-order valence-electron chi connectivity index (χ1n) is 5.63. The van der Waals surface area contributed by atoms with Crippen LogP contribution in [-0.4, -0.2) is 13.6 Å². The predicted molar refractivity (Wildman–Crippen MR) is 66.0 cm³/mol. The van der Waals surface area contributed by atoms with Crippen molar-refractivity contribution in [2.24, 2.45) is 5.73 Å². The van der Waals surface area contributed by atoms with Crippen molar-refractivity contribution in [2.75, 3.05) is 13.6 Å². The van der Waals surface area contributed by atoms with Crippen LogP contribution in [0.25, 0.3) is 0 Å². The molecule has 1 unspecified atom stereocenters. The van der Waals surface area contributed by atoms with Crippen molar-refractivity contribution in [1.82, 2.24) is 5.32 Å². The molecule has 1 aromatic carbocycles. The third-order valence-corrected chi connectivity index (χ3v) is 2.86. The Hall–Kier alpha value is -0.860. The Labute approximate surface area is 92.9 Å². The van der Waals surface area contributed by atoms with Crippen LogP contribution < -0.4 is 11.1 Å². The Morgan fingerprint density at radius 1 is 1.33 bits per heavy atom. The van der Waals surface area contributed by atoms with Crippen LogP contribution in [0.4, 0.5) is 0 Å². The quantitative estimate of drug-likeness (QED) is 0.776. The highest BCUT2D eigenvalue weighted by Crippen LogP contribution is 2.22. The van der Waals surface area contributed by atoms with Gasteiger partial charge in [-0.05, 0) is 51.4 Å². The summed E-state index contributed by atoms with van der Waals surface area (Å²) in [5.41, 5.74) is 9.64. The van der Waals surface area contributed by atoms with E-state index in [1.54, 1.807) is 0 Å². The minimum absolute atomic E-state index is 0.438. The Kier molecular flexibility index (Phi) is 4.79. The molecule has 0 radical (unpaired) electrons. The maximum atomic E-state index is 5.55. The van der Waals surface area contributed by atoms with Crippen LogP contribution in [0.5, 0.6) is 0 Å². The molecular formula is C13H22N2. The molecule has 0 aliphatic rings. The Balaban J connectivity index is 2.85. The fourth-order valence-corrected chi connectivity index (χ4v) is 1.91. The summed E-state index contributed by atoms with van der Waals surface area (Å²) >= 11 is 0. The van der Waals surface area contributed by atoms with Crippen molar-refractivity contribution in [1.29, 1.82) is 0 Å². The standard InChI is InChI=1S/C13H22N2/c1-10-6-7-11(2)12(9-10)13(15-3)5-4-8-14/h6-7,9,13,15H,4-5,8,14H2,1-3H3. The van der Waals surface area contributed by atoms with Gasteiger partial charge in [0.1, 0.15) is 0 Å². The highest BCUT2D eigenvalue weighted by molar-refractivity contribution is 5.32. The van der Waals surface area contributed by atoms with Gasteiger partial charge in [0.2, 0.25) is 0 Å². The molecule has 1 atom stereocenters. The second-order valence-corrected chi connectivity index (χ2v) is 4.13. The van der Waals surface area contributed by atoms with E-state index in [-0.39, 0.29) is 0 Å². The van der Waals surface area contributed by atoms with Gasteiger partial charge in [-0.2, -0.15) is 0 Å². The third-order valence-electron chi connectivity index (χ3n) is 2.86. The molecule has 0 aliphatic carbocycles. The minimum Gasteiger partial charge on any atom is -0.330 e. The molecule has 2 nitrogen and oxygen atoms in total. The Bertz CT molecular complexity index is 307. The van der Waals surface area contributed by atoms with Crippen LogP contribution in [-0.2, 0) is 0 Å². The first kappa shape index (κ1) is 12.2. The van der Waals surface area contributed by atoms with Gasteiger partial charge in [0.25, 0.3) is 0 Å². The number of rotatable bonds is 5. The zero-order valence-corrected chi connectivity index (χ0v) is 10.0. The van der Waals surface area contributed by atoms with Crippen molar-refractivity contribution in [3.8, 4) is 0 Å². The van der Waals surface area contributed by atoms with E-state index in [4.69, 9.17) is 5.73 Å². The summed E-state index contributed by atoms with van der Waals surface area (Å²) in [4.78, 5) is 0. The molecule has 84 valence electrons. The van der Waals surface area contributed by atoms with Crippen LogP contribution >= 0.6 is 0 Å². The van der Waals surface area contributed by atoms with Gasteiger partial charge >= 0.3 is 0 Å². The van der Waals surface area contributed by atoms with Crippen LogP contribution in [0.1, 0.15) is 35.6 Å². The Morgan fingerprint density at radius 3 is 2.67 bits per heavy atom. The average Bonchev–Trinajstić information content (AvgIpc) is 2.24. The van der Waals surface area contributed by atoms with E-state index in [1.165, 1.54) is 16.7 Å². The maximum Gasteiger partial charge on any atom is 0.0320 e. The molecule has 2 heteroatoms. The summed E-state index contributed by atoms with van der Waals surface area (Å²) in [6.07, 6.45) is 2.18. The summed E-state index contributed by atoms with van der Waals surface area (Å²) < 4.78 is 0. The van der Waals surface area contributed by atoms with E-state index < -0.39 is 0 Å². The van der Waals surface area contributed by atoms with Crippen molar-refractivity contribution in [3.63, 3.8) is 0 Å². The van der Waals surface area contributed by atoms with Gasteiger partial charge < -0.3 is 11.1 Å². The van der Waals surface area contributed by atoms with E-state index in [0.717, 1.165) is 19.4 Å². The fraction of sp³-hybridized carbons (Fsp3) is 0.538. The third kappa shape index (κ3) is 3.33. The van der Waals surface area contributed by atoms with Crippen molar-refractivity contribution >= 4 is 0 Å². The first-order valence-corrected chi connectivity index (χ1v) is 5.63. The lowest BCUT2D eigenvalue weighted by atomic mass is 9.96. The summed E-state index contributed by atoms with van der Waals surface area (Å²) in [6.45, 7) is 5.07. The largest absolute Gasteiger partial charge is 0.330 e. The number of nitrogens with two attached hydrogens (primary N) is 1. The highest BCUT2D eigenvalue weighted by atomic mass is 14.9. The normalized spacial score (nSPS) is 12.8. The number of hydrogen-bond acceptors (Lipinski definition) is 2. The van der Waals surface area contributed by atoms with Gasteiger partial charge in [-0.15, -0.1) is 0 Å². The Morgan fingerprint density at radius 2 is 2.07 bits per heavy atom. The molecule has 0 spiro atoms. The van der Waals surface area contributed by atoms with Crippen molar-refractivity contribution < 1.29 is 0 Å². The first-order chi connectivity index (χ1) is 7.19. The molecule has 0 bridgehead atoms. The molecule has 0 amide bonds. The van der Waals surface area contributed by atoms with Crippen LogP contribution in [0.2, 0.25) is 0 Å². The molecule has 0 aliphatic heterocycles. The van der Waals surface area contributed by atoms with Gasteiger partial charge in [-0.25, -0.2) is 0 Å². The number of benzene rings is 1. The van der Waals surface area contributed by atoms with E-state index in [0.29, 0.717) is 6.04 Å². The molecule has 0 saturated heterocycles. The molecular weight excluding hydrogens is 184 g/mol. The molecule has 1 aromatic rings. The van der Waals surface area contributed by atoms with Gasteiger partial charge in [-0.3, -0.25) is 0 Å². The fourth-order valence-electron chi connectivity index (χ4n) is 1.91. The average molecular weight is 206 g/mol. The van der Waals surface area contributed by atoms with E-state index in [2.05, 4.69) is 37.4 Å². The number of aryl methyl sites for hydroxylation is 2. The van der Waals surface area contributed by atoms with Gasteiger partial charge in [0, 0.05) is 6.04 Å². The summed E-state index contributed by atoms with van der Waals surface area (Å²) in [5, 5.41) is 3.37. The van der Waals surface area contributed by atoms with E-state index in [1.807, 2.05) is 7.05 Å². The van der Waals surface area contributed by atoms with Gasteiger partial charge in [-0.1, -0.05) is 23.8 Å². The van der Waals surface area contributed by atoms with Crippen LogP contribution in [0.3, 0.4) is 0 Å². The van der Waals surface area contributed by atoms with Crippen LogP contribution in [0.15, 0.2) is 18.2 Å². The predicted octanol–water partition coefficient (Wildman–Crippen LogP) is 2.30. The molecule has 15 heavy (non-hydrogen) atoms. The summed E-state index contributed by atoms with van der Waals surface area (Å²) in [6, 6.07) is 7.06. The van der Waals surface area contributed by atoms with Crippen molar-refractivity contribution in [2.45, 2.75) is 32.7 Å². The van der Waals surface area contributed by atoms with Gasteiger partial charge in [0.05, 0.1) is 0 Å². The molecule has 0 aromatic heterocycles. The number of hydrogen-bond donors (Lipinski definition) is 2. The second kappa shape index (κ2) is 5.89. The molecule has 3 N–H and O–H groups in total. The zero-order chi connectivity index (χ0) is 11.3. The van der Waals surface area contributed by atoms with E-state index in [9.17, 15) is 0 Å². The molecule has 1 rings (SSSR count). The topological polar surface area (TPSA) is 38.0 Å². The van der Waals surface area contributed by atoms with Crippen molar-refractivity contribution in [3.05, 3.63) is 34.9 Å².